The van der Waals surface area contributed by atoms with Crippen molar-refractivity contribution in [3.63, 3.8) is 0 Å². The number of nitrogens with zero attached hydrogens (tertiary/aromatic N) is 3. The van der Waals surface area contributed by atoms with E-state index < -0.39 is 0 Å². The Bertz CT molecular complexity index is 426. The van der Waals surface area contributed by atoms with Gasteiger partial charge in [0.25, 0.3) is 0 Å². The number of aromatic nitrogens is 2. The predicted molar refractivity (Wildman–Crippen MR) is 76.3 cm³/mol. The van der Waals surface area contributed by atoms with Gasteiger partial charge in [-0.2, -0.15) is 0 Å². The molecule has 0 atom stereocenters. The van der Waals surface area contributed by atoms with Crippen LogP contribution in [0, 0.1) is 5.41 Å². The highest BCUT2D eigenvalue weighted by Crippen LogP contribution is 2.32. The van der Waals surface area contributed by atoms with E-state index in [1.807, 2.05) is 13.1 Å². The third-order valence-corrected chi connectivity index (χ3v) is 3.50. The van der Waals surface area contributed by atoms with E-state index >= 15 is 0 Å². The second-order valence-electron chi connectivity index (χ2n) is 6.21. The lowest BCUT2D eigenvalue weighted by molar-refractivity contribution is 0.418. The zero-order valence-corrected chi connectivity index (χ0v) is 12.1. The quantitative estimate of drug-likeness (QED) is 0.893. The third-order valence-electron chi connectivity index (χ3n) is 3.50. The van der Waals surface area contributed by atoms with Gasteiger partial charge in [0.1, 0.15) is 17.5 Å². The Balaban J connectivity index is 2.30. The maximum absolute atomic E-state index is 4.70. The summed E-state index contributed by atoms with van der Waals surface area (Å²) in [4.78, 5) is 11.6. The minimum absolute atomic E-state index is 0.354. The summed E-state index contributed by atoms with van der Waals surface area (Å²) in [7, 11) is 1.91. The molecule has 0 aromatic carbocycles. The second-order valence-corrected chi connectivity index (χ2v) is 6.21. The Morgan fingerprint density at radius 3 is 2.56 bits per heavy atom. The highest BCUT2D eigenvalue weighted by molar-refractivity contribution is 5.50. The summed E-state index contributed by atoms with van der Waals surface area (Å²) >= 11 is 0. The number of hydrogen-bond acceptors (Lipinski definition) is 4. The molecule has 1 fully saturated rings. The van der Waals surface area contributed by atoms with Gasteiger partial charge < -0.3 is 10.2 Å². The molecule has 0 spiro atoms. The predicted octanol–water partition coefficient (Wildman–Crippen LogP) is 2.88. The molecule has 100 valence electrons. The molecule has 0 unspecified atom stereocenters. The van der Waals surface area contributed by atoms with Gasteiger partial charge in [-0.05, 0) is 11.8 Å². The van der Waals surface area contributed by atoms with Crippen LogP contribution in [0.3, 0.4) is 0 Å². The van der Waals surface area contributed by atoms with Gasteiger partial charge in [-0.3, -0.25) is 0 Å². The normalized spacial score (nSPS) is 18.4. The summed E-state index contributed by atoms with van der Waals surface area (Å²) in [5.41, 5.74) is 0.392. The van der Waals surface area contributed by atoms with Gasteiger partial charge in [0.05, 0.1) is 0 Å². The van der Waals surface area contributed by atoms with E-state index in [9.17, 15) is 0 Å². The standard InChI is InChI=1S/C14H24N4/c1-10(2)13-16-11(15-5)8-12(17-13)18-7-6-14(3,4)9-18/h8,10H,6-7,9H2,1-5H3,(H,15,16,17). The number of anilines is 2. The molecule has 1 aromatic heterocycles. The monoisotopic (exact) mass is 248 g/mol. The van der Waals surface area contributed by atoms with Gasteiger partial charge in [-0.1, -0.05) is 27.7 Å². The first-order valence-corrected chi connectivity index (χ1v) is 6.73. The summed E-state index contributed by atoms with van der Waals surface area (Å²) in [6.07, 6.45) is 1.23. The molecule has 4 heteroatoms. The molecule has 4 nitrogen and oxygen atoms in total. The molecular formula is C14H24N4. The lowest BCUT2D eigenvalue weighted by atomic mass is 9.93. The maximum atomic E-state index is 4.70. The van der Waals surface area contributed by atoms with Crippen LogP contribution in [0.2, 0.25) is 0 Å². The largest absolute Gasteiger partial charge is 0.373 e. The molecule has 0 aliphatic carbocycles. The highest BCUT2D eigenvalue weighted by atomic mass is 15.2. The zero-order valence-electron chi connectivity index (χ0n) is 12.1. The molecule has 0 radical (unpaired) electrons. The molecule has 2 heterocycles. The summed E-state index contributed by atoms with van der Waals surface area (Å²) in [6.45, 7) is 11.1. The highest BCUT2D eigenvalue weighted by Gasteiger charge is 2.30. The van der Waals surface area contributed by atoms with E-state index in [1.54, 1.807) is 0 Å². The molecule has 0 bridgehead atoms. The SMILES string of the molecule is CNc1cc(N2CCC(C)(C)C2)nc(C(C)C)n1. The molecular weight excluding hydrogens is 224 g/mol. The van der Waals surface area contributed by atoms with Crippen LogP contribution in [0.4, 0.5) is 11.6 Å². The first-order valence-electron chi connectivity index (χ1n) is 6.73. The Labute approximate surface area is 110 Å². The molecule has 18 heavy (non-hydrogen) atoms. The first kappa shape index (κ1) is 13.1. The lowest BCUT2D eigenvalue weighted by Gasteiger charge is -2.22. The van der Waals surface area contributed by atoms with Crippen molar-refractivity contribution in [1.29, 1.82) is 0 Å². The minimum Gasteiger partial charge on any atom is -0.373 e. The van der Waals surface area contributed by atoms with Crippen LogP contribution < -0.4 is 10.2 Å². The van der Waals surface area contributed by atoms with Gasteiger partial charge in [-0.25, -0.2) is 9.97 Å². The van der Waals surface area contributed by atoms with E-state index in [0.29, 0.717) is 11.3 Å². The Morgan fingerprint density at radius 2 is 2.06 bits per heavy atom. The fraction of sp³-hybridized carbons (Fsp3) is 0.714. The average molecular weight is 248 g/mol. The van der Waals surface area contributed by atoms with Crippen molar-refractivity contribution in [2.75, 3.05) is 30.4 Å². The van der Waals surface area contributed by atoms with Crippen LogP contribution in [0.25, 0.3) is 0 Å². The van der Waals surface area contributed by atoms with Crippen LogP contribution in [0.5, 0.6) is 0 Å². The maximum Gasteiger partial charge on any atom is 0.135 e. The zero-order chi connectivity index (χ0) is 13.3. The second kappa shape index (κ2) is 4.75. The number of nitrogens with one attached hydrogen (secondary N) is 1. The molecule has 1 aliphatic heterocycles. The van der Waals surface area contributed by atoms with Crippen molar-refractivity contribution in [1.82, 2.24) is 9.97 Å². The van der Waals surface area contributed by atoms with Crippen LogP contribution in [-0.4, -0.2) is 30.1 Å². The number of hydrogen-bond donors (Lipinski definition) is 1. The van der Waals surface area contributed by atoms with Gasteiger partial charge in [0, 0.05) is 32.1 Å². The van der Waals surface area contributed by atoms with Gasteiger partial charge in [0.2, 0.25) is 0 Å². The van der Waals surface area contributed by atoms with Crippen LogP contribution in [-0.2, 0) is 0 Å². The molecule has 1 aliphatic rings. The minimum atomic E-state index is 0.354. The smallest absolute Gasteiger partial charge is 0.135 e. The van der Waals surface area contributed by atoms with Crippen molar-refractivity contribution in [3.8, 4) is 0 Å². The fourth-order valence-electron chi connectivity index (χ4n) is 2.31. The van der Waals surface area contributed by atoms with E-state index in [-0.39, 0.29) is 0 Å². The molecule has 0 saturated carbocycles. The van der Waals surface area contributed by atoms with Crippen LogP contribution in [0.15, 0.2) is 6.07 Å². The third kappa shape index (κ3) is 2.74. The van der Waals surface area contributed by atoms with Gasteiger partial charge in [0.15, 0.2) is 0 Å². The Hall–Kier alpha value is -1.32. The van der Waals surface area contributed by atoms with Crippen molar-refractivity contribution in [3.05, 3.63) is 11.9 Å². The fourth-order valence-corrected chi connectivity index (χ4v) is 2.31. The van der Waals surface area contributed by atoms with Crippen molar-refractivity contribution in [2.45, 2.75) is 40.0 Å². The van der Waals surface area contributed by atoms with E-state index in [4.69, 9.17) is 4.98 Å². The van der Waals surface area contributed by atoms with Gasteiger partial charge in [-0.15, -0.1) is 0 Å². The van der Waals surface area contributed by atoms with E-state index in [0.717, 1.165) is 30.5 Å². The van der Waals surface area contributed by atoms with Crippen LogP contribution in [0.1, 0.15) is 45.9 Å². The topological polar surface area (TPSA) is 41.0 Å². The van der Waals surface area contributed by atoms with Gasteiger partial charge >= 0.3 is 0 Å². The Kier molecular flexibility index (Phi) is 3.46. The summed E-state index contributed by atoms with van der Waals surface area (Å²) in [5, 5.41) is 3.13. The first-order chi connectivity index (χ1) is 8.41. The molecule has 0 amide bonds. The Morgan fingerprint density at radius 1 is 1.33 bits per heavy atom. The molecule has 2 rings (SSSR count). The molecule has 1 saturated heterocycles. The van der Waals surface area contributed by atoms with E-state index in [1.165, 1.54) is 6.42 Å². The van der Waals surface area contributed by atoms with Crippen molar-refractivity contribution in [2.24, 2.45) is 5.41 Å². The van der Waals surface area contributed by atoms with E-state index in [2.05, 4.69) is 42.9 Å². The summed E-state index contributed by atoms with van der Waals surface area (Å²) in [5.74, 6) is 3.24. The van der Waals surface area contributed by atoms with Crippen molar-refractivity contribution >= 4 is 11.6 Å². The number of rotatable bonds is 3. The average Bonchev–Trinajstić information content (AvgIpc) is 2.69. The molecule has 1 N–H and O–H groups in total. The van der Waals surface area contributed by atoms with Crippen LogP contribution >= 0.6 is 0 Å². The van der Waals surface area contributed by atoms with Crippen molar-refractivity contribution < 1.29 is 0 Å². The summed E-state index contributed by atoms with van der Waals surface area (Å²) < 4.78 is 0. The lowest BCUT2D eigenvalue weighted by Crippen LogP contribution is -2.24. The summed E-state index contributed by atoms with van der Waals surface area (Å²) in [6, 6.07) is 2.05. The molecule has 1 aromatic rings.